The van der Waals surface area contributed by atoms with Gasteiger partial charge in [-0.2, -0.15) is 0 Å². The van der Waals surface area contributed by atoms with Crippen molar-refractivity contribution in [2.45, 2.75) is 33.6 Å². The molecule has 1 amide bonds. The number of para-hydroxylation sites is 1. The fourth-order valence-electron chi connectivity index (χ4n) is 3.98. The highest BCUT2D eigenvalue weighted by Gasteiger charge is 2.16. The monoisotopic (exact) mass is 492 g/mol. The maximum atomic E-state index is 12.9. The number of rotatable bonds is 7. The Morgan fingerprint density at radius 2 is 1.76 bits per heavy atom. The fraction of sp³-hybridized carbons (Fsp3) is 0.222. The summed E-state index contributed by atoms with van der Waals surface area (Å²) in [6.45, 7) is 6.14. The maximum absolute atomic E-state index is 12.9. The van der Waals surface area contributed by atoms with Gasteiger partial charge in [-0.05, 0) is 62.6 Å². The summed E-state index contributed by atoms with van der Waals surface area (Å²) in [6.07, 6.45) is 0.689. The van der Waals surface area contributed by atoms with E-state index in [0.29, 0.717) is 27.5 Å². The predicted octanol–water partition coefficient (Wildman–Crippen LogP) is 7.12. The number of nitrogens with zero attached hydrogens (tertiary/aromatic N) is 1. The van der Waals surface area contributed by atoms with Gasteiger partial charge in [0.1, 0.15) is 0 Å². The molecule has 4 rings (SSSR count). The van der Waals surface area contributed by atoms with Crippen LogP contribution >= 0.6 is 22.9 Å². The lowest BCUT2D eigenvalue weighted by Gasteiger charge is -2.13. The van der Waals surface area contributed by atoms with Crippen LogP contribution in [0.5, 0.6) is 0 Å². The van der Waals surface area contributed by atoms with E-state index in [2.05, 4.69) is 10.3 Å². The normalized spacial score (nSPS) is 10.9. The number of amides is 1. The first kappa shape index (κ1) is 23.9. The first-order valence-corrected chi connectivity index (χ1v) is 12.2. The van der Waals surface area contributed by atoms with E-state index >= 15 is 0 Å². The average molecular weight is 493 g/mol. The molecule has 0 aliphatic rings. The predicted molar refractivity (Wildman–Crippen MR) is 139 cm³/mol. The van der Waals surface area contributed by atoms with Crippen molar-refractivity contribution in [2.75, 3.05) is 11.9 Å². The third-order valence-electron chi connectivity index (χ3n) is 5.48. The average Bonchev–Trinajstić information content (AvgIpc) is 3.24. The van der Waals surface area contributed by atoms with E-state index in [9.17, 15) is 9.59 Å². The highest BCUT2D eigenvalue weighted by atomic mass is 35.5. The van der Waals surface area contributed by atoms with Crippen LogP contribution in [0, 0.1) is 20.8 Å². The zero-order chi connectivity index (χ0) is 24.2. The molecule has 0 fully saturated rings. The number of hydrogen-bond donors (Lipinski definition) is 1. The fourth-order valence-corrected chi connectivity index (χ4v) is 4.98. The van der Waals surface area contributed by atoms with Crippen LogP contribution < -0.4 is 5.32 Å². The largest absolute Gasteiger partial charge is 0.462 e. The summed E-state index contributed by atoms with van der Waals surface area (Å²) >= 11 is 7.49. The van der Waals surface area contributed by atoms with E-state index in [4.69, 9.17) is 16.3 Å². The van der Waals surface area contributed by atoms with Crippen molar-refractivity contribution in [3.63, 3.8) is 0 Å². The van der Waals surface area contributed by atoms with Gasteiger partial charge in [-0.15, -0.1) is 11.3 Å². The van der Waals surface area contributed by atoms with E-state index in [1.807, 2.05) is 63.2 Å². The number of nitrogens with one attached hydrogen (secondary N) is 1. The molecule has 0 aliphatic carbocycles. The van der Waals surface area contributed by atoms with Crippen LogP contribution in [0.1, 0.15) is 39.9 Å². The van der Waals surface area contributed by atoms with Crippen LogP contribution in [0.4, 0.5) is 5.69 Å². The number of carbonyl (C=O) groups excluding carboxylic acids is 2. The van der Waals surface area contributed by atoms with Gasteiger partial charge in [-0.25, -0.2) is 9.78 Å². The number of aryl methyl sites for hydroxylation is 3. The third-order valence-corrected chi connectivity index (χ3v) is 6.74. The Morgan fingerprint density at radius 3 is 2.47 bits per heavy atom. The second kappa shape index (κ2) is 10.4. The van der Waals surface area contributed by atoms with Gasteiger partial charge in [0.05, 0.1) is 32.6 Å². The Balaban J connectivity index is 1.40. The molecule has 5 nitrogen and oxygen atoms in total. The van der Waals surface area contributed by atoms with Crippen LogP contribution in [0.3, 0.4) is 0 Å². The van der Waals surface area contributed by atoms with Gasteiger partial charge in [0, 0.05) is 17.5 Å². The Morgan fingerprint density at radius 1 is 1.03 bits per heavy atom. The zero-order valence-electron chi connectivity index (χ0n) is 19.3. The number of anilines is 1. The third kappa shape index (κ3) is 5.46. The summed E-state index contributed by atoms with van der Waals surface area (Å²) in [5.74, 6) is -0.537. The molecule has 0 radical (unpaired) electrons. The molecule has 0 saturated heterocycles. The Labute approximate surface area is 207 Å². The van der Waals surface area contributed by atoms with Crippen molar-refractivity contribution in [3.05, 3.63) is 81.2 Å². The van der Waals surface area contributed by atoms with Crippen molar-refractivity contribution >= 4 is 51.4 Å². The molecule has 0 spiro atoms. The van der Waals surface area contributed by atoms with Crippen LogP contribution in [-0.4, -0.2) is 23.5 Å². The molecule has 0 saturated carbocycles. The Hall–Kier alpha value is -3.22. The maximum Gasteiger partial charge on any atom is 0.338 e. The first-order valence-electron chi connectivity index (χ1n) is 11.0. The van der Waals surface area contributed by atoms with Gasteiger partial charge in [0.25, 0.3) is 0 Å². The number of halogens is 1. The van der Waals surface area contributed by atoms with Crippen LogP contribution in [0.25, 0.3) is 21.5 Å². The molecule has 0 unspecified atom stereocenters. The minimum Gasteiger partial charge on any atom is -0.462 e. The number of hydrogen-bond acceptors (Lipinski definition) is 5. The number of thiophene rings is 1. The van der Waals surface area contributed by atoms with Gasteiger partial charge in [0.15, 0.2) is 0 Å². The molecule has 34 heavy (non-hydrogen) atoms. The number of aromatic nitrogens is 1. The minimum atomic E-state index is -0.437. The summed E-state index contributed by atoms with van der Waals surface area (Å²) in [5, 5.41) is 3.70. The molecule has 0 bridgehead atoms. The number of ether oxygens (including phenoxy) is 1. The van der Waals surface area contributed by atoms with E-state index < -0.39 is 5.97 Å². The molecule has 174 valence electrons. The van der Waals surface area contributed by atoms with E-state index in [1.54, 1.807) is 12.1 Å². The summed E-state index contributed by atoms with van der Waals surface area (Å²) in [5.41, 5.74) is 5.89. The lowest BCUT2D eigenvalue weighted by atomic mass is 10.0. The summed E-state index contributed by atoms with van der Waals surface area (Å²) in [7, 11) is 0. The highest BCUT2D eigenvalue weighted by molar-refractivity contribution is 7.19. The molecular formula is C27H25ClN2O3S. The molecule has 2 aromatic heterocycles. The SMILES string of the molecule is Cc1cc(C)c(NC(=O)CCCOC(=O)c2cc(-c3ccc(Cl)s3)nc3ccccc23)c(C)c1. The molecular weight excluding hydrogens is 468 g/mol. The van der Waals surface area contributed by atoms with E-state index in [0.717, 1.165) is 32.6 Å². The standard InChI is InChI=1S/C27H25ClN2O3S/c1-16-13-17(2)26(18(3)14-16)30-25(31)9-6-12-33-27(32)20-15-22(23-10-11-24(28)34-23)29-21-8-5-4-7-19(20)21/h4-5,7-8,10-11,13-15H,6,9,12H2,1-3H3,(H,30,31). The van der Waals surface area contributed by atoms with Crippen LogP contribution in [0.2, 0.25) is 4.34 Å². The highest BCUT2D eigenvalue weighted by Crippen LogP contribution is 2.32. The second-order valence-electron chi connectivity index (χ2n) is 8.24. The van der Waals surface area contributed by atoms with Crippen molar-refractivity contribution in [3.8, 4) is 10.6 Å². The van der Waals surface area contributed by atoms with Crippen LogP contribution in [-0.2, 0) is 9.53 Å². The molecule has 4 aromatic rings. The quantitative estimate of drug-likeness (QED) is 0.220. The van der Waals surface area contributed by atoms with Gasteiger partial charge in [0.2, 0.25) is 5.91 Å². The van der Waals surface area contributed by atoms with Gasteiger partial charge < -0.3 is 10.1 Å². The topological polar surface area (TPSA) is 68.3 Å². The molecule has 0 atom stereocenters. The minimum absolute atomic E-state index is 0.0997. The van der Waals surface area contributed by atoms with Crippen molar-refractivity contribution in [1.82, 2.24) is 4.98 Å². The first-order chi connectivity index (χ1) is 16.3. The van der Waals surface area contributed by atoms with Crippen molar-refractivity contribution in [2.24, 2.45) is 0 Å². The zero-order valence-corrected chi connectivity index (χ0v) is 20.8. The number of fused-ring (bicyclic) bond motifs is 1. The number of carbonyl (C=O) groups is 2. The Bertz CT molecular complexity index is 1360. The van der Waals surface area contributed by atoms with Crippen molar-refractivity contribution in [1.29, 1.82) is 0 Å². The van der Waals surface area contributed by atoms with Crippen LogP contribution in [0.15, 0.2) is 54.6 Å². The number of benzene rings is 2. The van der Waals surface area contributed by atoms with Gasteiger partial charge in [-0.3, -0.25) is 4.79 Å². The molecule has 1 N–H and O–H groups in total. The summed E-state index contributed by atoms with van der Waals surface area (Å²) < 4.78 is 6.18. The second-order valence-corrected chi connectivity index (χ2v) is 9.95. The van der Waals surface area contributed by atoms with Gasteiger partial charge >= 0.3 is 5.97 Å². The molecule has 2 heterocycles. The molecule has 7 heteroatoms. The van der Waals surface area contributed by atoms with Crippen molar-refractivity contribution < 1.29 is 14.3 Å². The summed E-state index contributed by atoms with van der Waals surface area (Å²) in [4.78, 5) is 30.9. The van der Waals surface area contributed by atoms with E-state index in [1.165, 1.54) is 11.3 Å². The van der Waals surface area contributed by atoms with Gasteiger partial charge in [-0.1, -0.05) is 47.5 Å². The van der Waals surface area contributed by atoms with E-state index in [-0.39, 0.29) is 18.9 Å². The lowest BCUT2D eigenvalue weighted by molar-refractivity contribution is -0.116. The summed E-state index contributed by atoms with van der Waals surface area (Å²) in [6, 6.07) is 17.0. The molecule has 2 aromatic carbocycles. The molecule has 0 aliphatic heterocycles. The number of esters is 1. The smallest absolute Gasteiger partial charge is 0.338 e. The Kier molecular flexibility index (Phi) is 7.29. The number of pyridine rings is 1. The lowest BCUT2D eigenvalue weighted by Crippen LogP contribution is -2.15.